The Morgan fingerprint density at radius 1 is 1.54 bits per heavy atom. The predicted molar refractivity (Wildman–Crippen MR) is 48.1 cm³/mol. The van der Waals surface area contributed by atoms with E-state index in [9.17, 15) is 9.18 Å². The summed E-state index contributed by atoms with van der Waals surface area (Å²) < 4.78 is 12.9. The van der Waals surface area contributed by atoms with Crippen LogP contribution < -0.4 is 0 Å². The van der Waals surface area contributed by atoms with E-state index in [2.05, 4.69) is 0 Å². The molecule has 0 aromatic heterocycles. The molecule has 0 aliphatic carbocycles. The molecule has 13 heavy (non-hydrogen) atoms. The summed E-state index contributed by atoms with van der Waals surface area (Å²) in [6.45, 7) is 1.81. The number of aromatic carboxylic acids is 1. The molecule has 3 heteroatoms. The van der Waals surface area contributed by atoms with E-state index in [1.165, 1.54) is 12.1 Å². The second kappa shape index (κ2) is 3.85. The minimum absolute atomic E-state index is 0.296. The van der Waals surface area contributed by atoms with Crippen molar-refractivity contribution in [1.82, 2.24) is 0 Å². The zero-order valence-corrected chi connectivity index (χ0v) is 7.12. The van der Waals surface area contributed by atoms with Gasteiger partial charge in [0.2, 0.25) is 0 Å². The quantitative estimate of drug-likeness (QED) is 0.759. The van der Waals surface area contributed by atoms with Gasteiger partial charge in [0.15, 0.2) is 0 Å². The summed E-state index contributed by atoms with van der Waals surface area (Å²) in [5, 5.41) is 8.59. The van der Waals surface area contributed by atoms with Crippen molar-refractivity contribution < 1.29 is 14.3 Å². The van der Waals surface area contributed by atoms with E-state index < -0.39 is 11.8 Å². The molecule has 0 amide bonds. The van der Waals surface area contributed by atoms with Gasteiger partial charge in [-0.2, -0.15) is 0 Å². The Kier molecular flexibility index (Phi) is 2.80. The van der Waals surface area contributed by atoms with Crippen LogP contribution in [-0.4, -0.2) is 11.1 Å². The highest BCUT2D eigenvalue weighted by Gasteiger charge is 2.09. The molecule has 68 valence electrons. The van der Waals surface area contributed by atoms with Crippen LogP contribution in [0.5, 0.6) is 0 Å². The van der Waals surface area contributed by atoms with Crippen LogP contribution >= 0.6 is 0 Å². The largest absolute Gasteiger partial charge is 0.478 e. The minimum Gasteiger partial charge on any atom is -0.478 e. The van der Waals surface area contributed by atoms with Gasteiger partial charge < -0.3 is 5.11 Å². The first kappa shape index (κ1) is 9.45. The van der Waals surface area contributed by atoms with Gasteiger partial charge in [-0.25, -0.2) is 9.18 Å². The molecule has 1 aromatic rings. The van der Waals surface area contributed by atoms with Crippen LogP contribution in [0.4, 0.5) is 4.39 Å². The maximum Gasteiger partial charge on any atom is 0.338 e. The molecule has 0 saturated heterocycles. The molecule has 0 aliphatic heterocycles. The molecule has 1 rings (SSSR count). The van der Waals surface area contributed by atoms with Crippen molar-refractivity contribution in [1.29, 1.82) is 0 Å². The SMILES string of the molecule is C/C=C/c1ccc(F)c(C(=O)O)c1. The standard InChI is InChI=1S/C10H9FO2/c1-2-3-7-4-5-9(11)8(6-7)10(12)13/h2-6H,1H3,(H,12,13)/b3-2+. The lowest BCUT2D eigenvalue weighted by molar-refractivity contribution is 0.0692. The zero-order valence-electron chi connectivity index (χ0n) is 7.12. The molecule has 1 N–H and O–H groups in total. The molecule has 0 saturated carbocycles. The Balaban J connectivity index is 3.18. The second-order valence-electron chi connectivity index (χ2n) is 2.54. The molecule has 0 heterocycles. The highest BCUT2D eigenvalue weighted by molar-refractivity contribution is 5.88. The summed E-state index contributed by atoms with van der Waals surface area (Å²) in [5.74, 6) is -1.95. The van der Waals surface area contributed by atoms with Crippen LogP contribution in [0.1, 0.15) is 22.8 Å². The summed E-state index contributed by atoms with van der Waals surface area (Å²) in [4.78, 5) is 10.5. The van der Waals surface area contributed by atoms with Gasteiger partial charge in [0, 0.05) is 0 Å². The van der Waals surface area contributed by atoms with Gasteiger partial charge in [-0.05, 0) is 24.6 Å². The highest BCUT2D eigenvalue weighted by Crippen LogP contribution is 2.11. The topological polar surface area (TPSA) is 37.3 Å². The van der Waals surface area contributed by atoms with E-state index in [1.54, 1.807) is 12.2 Å². The van der Waals surface area contributed by atoms with E-state index >= 15 is 0 Å². The van der Waals surface area contributed by atoms with Gasteiger partial charge in [0.25, 0.3) is 0 Å². The number of hydrogen-bond donors (Lipinski definition) is 1. The van der Waals surface area contributed by atoms with Crippen LogP contribution in [0.2, 0.25) is 0 Å². The van der Waals surface area contributed by atoms with Gasteiger partial charge in [0.1, 0.15) is 5.82 Å². The first-order valence-electron chi connectivity index (χ1n) is 3.80. The fourth-order valence-corrected chi connectivity index (χ4v) is 1.00. The number of halogens is 1. The number of rotatable bonds is 2. The average molecular weight is 180 g/mol. The lowest BCUT2D eigenvalue weighted by atomic mass is 10.1. The summed E-state index contributed by atoms with van der Waals surface area (Å²) in [6, 6.07) is 3.98. The number of benzene rings is 1. The van der Waals surface area contributed by atoms with Crippen LogP contribution in [0, 0.1) is 5.82 Å². The molecule has 0 aliphatic rings. The smallest absolute Gasteiger partial charge is 0.338 e. The number of carboxylic acid groups (broad SMARTS) is 1. The monoisotopic (exact) mass is 180 g/mol. The van der Waals surface area contributed by atoms with Gasteiger partial charge in [-0.3, -0.25) is 0 Å². The van der Waals surface area contributed by atoms with Crippen molar-refractivity contribution in [3.05, 3.63) is 41.2 Å². The first-order chi connectivity index (χ1) is 6.15. The third kappa shape index (κ3) is 2.15. The lowest BCUT2D eigenvalue weighted by Crippen LogP contribution is -2.00. The third-order valence-corrected chi connectivity index (χ3v) is 1.58. The molecular formula is C10H9FO2. The fourth-order valence-electron chi connectivity index (χ4n) is 1.00. The molecule has 0 radical (unpaired) electrons. The average Bonchev–Trinajstić information content (AvgIpc) is 2.08. The molecule has 0 bridgehead atoms. The lowest BCUT2D eigenvalue weighted by Gasteiger charge is -1.98. The molecule has 0 atom stereocenters. The zero-order chi connectivity index (χ0) is 9.84. The van der Waals surface area contributed by atoms with Crippen molar-refractivity contribution in [2.24, 2.45) is 0 Å². The Bertz CT molecular complexity index is 356. The number of carbonyl (C=O) groups is 1. The fraction of sp³-hybridized carbons (Fsp3) is 0.100. The van der Waals surface area contributed by atoms with Crippen molar-refractivity contribution >= 4 is 12.0 Å². The molecular weight excluding hydrogens is 171 g/mol. The van der Waals surface area contributed by atoms with Crippen molar-refractivity contribution in [2.45, 2.75) is 6.92 Å². The van der Waals surface area contributed by atoms with Crippen molar-refractivity contribution in [3.63, 3.8) is 0 Å². The van der Waals surface area contributed by atoms with Crippen molar-refractivity contribution in [2.75, 3.05) is 0 Å². The maximum atomic E-state index is 12.9. The molecule has 2 nitrogen and oxygen atoms in total. The van der Waals surface area contributed by atoms with Gasteiger partial charge >= 0.3 is 5.97 Å². The maximum absolute atomic E-state index is 12.9. The Hall–Kier alpha value is -1.64. The van der Waals surface area contributed by atoms with E-state index in [0.29, 0.717) is 5.56 Å². The summed E-state index contributed by atoms with van der Waals surface area (Å²) in [5.41, 5.74) is 0.386. The van der Waals surface area contributed by atoms with Crippen LogP contribution in [0.3, 0.4) is 0 Å². The van der Waals surface area contributed by atoms with Crippen LogP contribution in [0.15, 0.2) is 24.3 Å². The number of hydrogen-bond acceptors (Lipinski definition) is 1. The first-order valence-corrected chi connectivity index (χ1v) is 3.80. The highest BCUT2D eigenvalue weighted by atomic mass is 19.1. The van der Waals surface area contributed by atoms with Gasteiger partial charge in [-0.1, -0.05) is 18.2 Å². The normalized spacial score (nSPS) is 10.6. The molecule has 0 unspecified atom stereocenters. The van der Waals surface area contributed by atoms with Crippen LogP contribution in [0.25, 0.3) is 6.08 Å². The summed E-state index contributed by atoms with van der Waals surface area (Å²) >= 11 is 0. The number of carboxylic acids is 1. The second-order valence-corrected chi connectivity index (χ2v) is 2.54. The summed E-state index contributed by atoms with van der Waals surface area (Å²) in [6.07, 6.45) is 3.48. The Labute approximate surface area is 75.3 Å². The third-order valence-electron chi connectivity index (χ3n) is 1.58. The van der Waals surface area contributed by atoms with E-state index in [-0.39, 0.29) is 5.56 Å². The molecule has 0 spiro atoms. The minimum atomic E-state index is -1.25. The van der Waals surface area contributed by atoms with Crippen LogP contribution in [-0.2, 0) is 0 Å². The molecule has 0 fully saturated rings. The van der Waals surface area contributed by atoms with E-state index in [0.717, 1.165) is 6.07 Å². The van der Waals surface area contributed by atoms with Gasteiger partial charge in [0.05, 0.1) is 5.56 Å². The predicted octanol–water partition coefficient (Wildman–Crippen LogP) is 2.56. The Morgan fingerprint density at radius 2 is 2.23 bits per heavy atom. The Morgan fingerprint density at radius 3 is 2.77 bits per heavy atom. The summed E-state index contributed by atoms with van der Waals surface area (Å²) in [7, 11) is 0. The van der Waals surface area contributed by atoms with Gasteiger partial charge in [-0.15, -0.1) is 0 Å². The van der Waals surface area contributed by atoms with Crippen molar-refractivity contribution in [3.8, 4) is 0 Å². The number of allylic oxidation sites excluding steroid dienone is 1. The van der Waals surface area contributed by atoms with E-state index in [1.807, 2.05) is 6.92 Å². The molecule has 1 aromatic carbocycles. The van der Waals surface area contributed by atoms with E-state index in [4.69, 9.17) is 5.11 Å².